The number of rotatable bonds is 3. The molecule has 0 radical (unpaired) electrons. The average Bonchev–Trinajstić information content (AvgIpc) is 2.80. The Balaban J connectivity index is 1.96. The highest BCUT2D eigenvalue weighted by Gasteiger charge is 2.36. The maximum absolute atomic E-state index is 11.6. The van der Waals surface area contributed by atoms with Gasteiger partial charge in [0.15, 0.2) is 0 Å². The van der Waals surface area contributed by atoms with Gasteiger partial charge in [-0.1, -0.05) is 6.42 Å². The molecule has 100 valence electrons. The maximum Gasteiger partial charge on any atom is 0.150 e. The van der Waals surface area contributed by atoms with E-state index in [-0.39, 0.29) is 23.3 Å². The molecule has 2 aliphatic rings. The monoisotopic (exact) mass is 261 g/mol. The summed E-state index contributed by atoms with van der Waals surface area (Å²) in [6.07, 6.45) is 6.36. The van der Waals surface area contributed by atoms with E-state index in [0.717, 1.165) is 38.6 Å². The molecule has 1 aliphatic carbocycles. The Hall–Kier alpha value is -0.130. The molecule has 0 amide bonds. The second-order valence-corrected chi connectivity index (χ2v) is 7.90. The van der Waals surface area contributed by atoms with E-state index in [1.165, 1.54) is 6.26 Å². The van der Waals surface area contributed by atoms with Gasteiger partial charge in [-0.2, -0.15) is 0 Å². The van der Waals surface area contributed by atoms with Crippen LogP contribution in [0.5, 0.6) is 0 Å². The minimum atomic E-state index is -2.95. The van der Waals surface area contributed by atoms with Crippen LogP contribution in [0, 0.1) is 5.92 Å². The van der Waals surface area contributed by atoms with E-state index < -0.39 is 9.84 Å². The number of nitrogens with one attached hydrogen (secondary N) is 1. The smallest absolute Gasteiger partial charge is 0.150 e. The summed E-state index contributed by atoms with van der Waals surface area (Å²) in [4.78, 5) is 0. The number of aliphatic hydroxyl groups excluding tert-OH is 1. The van der Waals surface area contributed by atoms with E-state index in [1.807, 2.05) is 0 Å². The van der Waals surface area contributed by atoms with Gasteiger partial charge in [0.2, 0.25) is 0 Å². The molecule has 1 aliphatic heterocycles. The molecule has 4 unspecified atom stereocenters. The molecule has 1 heterocycles. The Labute approximate surface area is 104 Å². The quantitative estimate of drug-likeness (QED) is 0.785. The number of aliphatic hydroxyl groups is 1. The summed E-state index contributed by atoms with van der Waals surface area (Å²) in [7, 11) is -2.95. The van der Waals surface area contributed by atoms with Crippen molar-refractivity contribution in [2.45, 2.75) is 55.9 Å². The molecule has 2 N–H and O–H groups in total. The van der Waals surface area contributed by atoms with Crippen LogP contribution in [0.2, 0.25) is 0 Å². The molecule has 4 atom stereocenters. The summed E-state index contributed by atoms with van der Waals surface area (Å²) in [6, 6.07) is 0.179. The van der Waals surface area contributed by atoms with Crippen LogP contribution in [0.15, 0.2) is 0 Å². The fourth-order valence-electron chi connectivity index (χ4n) is 3.21. The summed E-state index contributed by atoms with van der Waals surface area (Å²) in [5.41, 5.74) is 0. The van der Waals surface area contributed by atoms with Crippen molar-refractivity contribution >= 4 is 9.84 Å². The summed E-state index contributed by atoms with van der Waals surface area (Å²) in [5, 5.41) is 13.4. The van der Waals surface area contributed by atoms with Gasteiger partial charge in [-0.3, -0.25) is 0 Å². The van der Waals surface area contributed by atoms with Crippen LogP contribution in [0.1, 0.15) is 38.5 Å². The molecule has 0 aromatic heterocycles. The zero-order valence-corrected chi connectivity index (χ0v) is 11.2. The molecule has 1 saturated heterocycles. The molecule has 0 aromatic rings. The van der Waals surface area contributed by atoms with Gasteiger partial charge in [0, 0.05) is 12.3 Å². The maximum atomic E-state index is 11.6. The van der Waals surface area contributed by atoms with Crippen molar-refractivity contribution in [3.05, 3.63) is 0 Å². The van der Waals surface area contributed by atoms with Crippen molar-refractivity contribution in [3.8, 4) is 0 Å². The average molecular weight is 261 g/mol. The minimum Gasteiger partial charge on any atom is -0.391 e. The van der Waals surface area contributed by atoms with Crippen molar-refractivity contribution in [3.63, 3.8) is 0 Å². The predicted molar refractivity (Wildman–Crippen MR) is 67.6 cm³/mol. The van der Waals surface area contributed by atoms with Crippen molar-refractivity contribution in [2.75, 3.05) is 12.8 Å². The lowest BCUT2D eigenvalue weighted by molar-refractivity contribution is 0.0568. The molecular formula is C12H23NO3S. The lowest BCUT2D eigenvalue weighted by atomic mass is 9.82. The highest BCUT2D eigenvalue weighted by Crippen LogP contribution is 2.32. The van der Waals surface area contributed by atoms with Gasteiger partial charge in [-0.25, -0.2) is 8.42 Å². The third kappa shape index (κ3) is 3.20. The zero-order valence-electron chi connectivity index (χ0n) is 10.4. The van der Waals surface area contributed by atoms with E-state index in [4.69, 9.17) is 0 Å². The second-order valence-electron chi connectivity index (χ2n) is 5.57. The van der Waals surface area contributed by atoms with Crippen LogP contribution in [0.3, 0.4) is 0 Å². The molecule has 0 bridgehead atoms. The molecule has 0 spiro atoms. The third-order valence-corrected chi connectivity index (χ3v) is 5.90. The Kier molecular flexibility index (Phi) is 4.10. The van der Waals surface area contributed by atoms with E-state index in [1.54, 1.807) is 0 Å². The first-order valence-corrected chi connectivity index (χ1v) is 8.54. The predicted octanol–water partition coefficient (Wildman–Crippen LogP) is 0.703. The van der Waals surface area contributed by atoms with E-state index >= 15 is 0 Å². The van der Waals surface area contributed by atoms with Gasteiger partial charge >= 0.3 is 0 Å². The third-order valence-electron chi connectivity index (χ3n) is 4.27. The fraction of sp³-hybridized carbons (Fsp3) is 1.00. The summed E-state index contributed by atoms with van der Waals surface area (Å²) < 4.78 is 23.2. The summed E-state index contributed by atoms with van der Waals surface area (Å²) in [6.45, 7) is 0.976. The molecule has 2 rings (SSSR count). The number of hydrogen-bond acceptors (Lipinski definition) is 4. The summed E-state index contributed by atoms with van der Waals surface area (Å²) >= 11 is 0. The molecule has 1 saturated carbocycles. The molecular weight excluding hydrogens is 238 g/mol. The fourth-order valence-corrected chi connectivity index (χ4v) is 4.40. The van der Waals surface area contributed by atoms with Gasteiger partial charge in [0.05, 0.1) is 11.4 Å². The van der Waals surface area contributed by atoms with E-state index in [9.17, 15) is 13.5 Å². The molecule has 4 nitrogen and oxygen atoms in total. The van der Waals surface area contributed by atoms with Crippen molar-refractivity contribution < 1.29 is 13.5 Å². The van der Waals surface area contributed by atoms with Gasteiger partial charge in [-0.15, -0.1) is 0 Å². The standard InChI is InChI=1S/C12H23NO3S/c1-17(15,16)10-5-2-4-9(8-10)12(14)11-6-3-7-13-11/h9-14H,2-8H2,1H3. The van der Waals surface area contributed by atoms with Crippen molar-refractivity contribution in [1.29, 1.82) is 0 Å². The van der Waals surface area contributed by atoms with Crippen molar-refractivity contribution in [1.82, 2.24) is 5.32 Å². The minimum absolute atomic E-state index is 0.152. The molecule has 17 heavy (non-hydrogen) atoms. The van der Waals surface area contributed by atoms with Crippen molar-refractivity contribution in [2.24, 2.45) is 5.92 Å². The van der Waals surface area contributed by atoms with Gasteiger partial charge in [-0.05, 0) is 44.6 Å². The Bertz CT molecular complexity index is 349. The van der Waals surface area contributed by atoms with Crippen LogP contribution in [-0.2, 0) is 9.84 Å². The van der Waals surface area contributed by atoms with Gasteiger partial charge in [0.1, 0.15) is 9.84 Å². The van der Waals surface area contributed by atoms with Gasteiger partial charge < -0.3 is 10.4 Å². The largest absolute Gasteiger partial charge is 0.391 e. The highest BCUT2D eigenvalue weighted by molar-refractivity contribution is 7.91. The SMILES string of the molecule is CS(=O)(=O)C1CCCC(C(O)C2CCCN2)C1. The Morgan fingerprint density at radius 1 is 1.24 bits per heavy atom. The summed E-state index contributed by atoms with van der Waals surface area (Å²) in [5.74, 6) is 0.152. The van der Waals surface area contributed by atoms with Crippen LogP contribution in [0.25, 0.3) is 0 Å². The first-order chi connectivity index (χ1) is 7.98. The normalized spacial score (nSPS) is 36.9. The molecule has 5 heteroatoms. The van der Waals surface area contributed by atoms with E-state index in [2.05, 4.69) is 5.32 Å². The van der Waals surface area contributed by atoms with Crippen LogP contribution < -0.4 is 5.32 Å². The number of sulfone groups is 1. The Morgan fingerprint density at radius 2 is 2.00 bits per heavy atom. The molecule has 0 aromatic carbocycles. The topological polar surface area (TPSA) is 66.4 Å². The molecule has 2 fully saturated rings. The Morgan fingerprint density at radius 3 is 2.59 bits per heavy atom. The second kappa shape index (κ2) is 5.24. The number of hydrogen-bond donors (Lipinski definition) is 2. The van der Waals surface area contributed by atoms with Crippen LogP contribution in [-0.4, -0.2) is 43.7 Å². The van der Waals surface area contributed by atoms with Crippen LogP contribution in [0.4, 0.5) is 0 Å². The first-order valence-electron chi connectivity index (χ1n) is 6.59. The highest BCUT2D eigenvalue weighted by atomic mass is 32.2. The van der Waals surface area contributed by atoms with E-state index in [0.29, 0.717) is 6.42 Å². The van der Waals surface area contributed by atoms with Gasteiger partial charge in [0.25, 0.3) is 0 Å². The lowest BCUT2D eigenvalue weighted by Gasteiger charge is -2.33. The first kappa shape index (κ1) is 13.3. The zero-order chi connectivity index (χ0) is 12.5. The lowest BCUT2D eigenvalue weighted by Crippen LogP contribution is -2.43. The van der Waals surface area contributed by atoms with Crippen LogP contribution >= 0.6 is 0 Å².